The van der Waals surface area contributed by atoms with Gasteiger partial charge in [0.25, 0.3) is 0 Å². The average molecular weight is 273 g/mol. The summed E-state index contributed by atoms with van der Waals surface area (Å²) in [5.74, 6) is -1.11. The standard InChI is InChI=1S/C14H28N2O3/c1-6-12(13(15)17)10-11(3)14(18)19-9-8-16(4,5)7-2/h11-12H,6-10H2,1-5H3,(H-,15,17)/p+1. The molecule has 0 aromatic rings. The Labute approximate surface area is 116 Å². The summed E-state index contributed by atoms with van der Waals surface area (Å²) in [5, 5.41) is 0. The fourth-order valence-electron chi connectivity index (χ4n) is 1.70. The summed E-state index contributed by atoms with van der Waals surface area (Å²) in [6.45, 7) is 7.98. The number of carbonyl (C=O) groups is 2. The van der Waals surface area contributed by atoms with Gasteiger partial charge in [-0.1, -0.05) is 13.8 Å². The van der Waals surface area contributed by atoms with E-state index in [0.29, 0.717) is 19.4 Å². The minimum absolute atomic E-state index is 0.240. The molecule has 0 saturated heterocycles. The second-order valence-electron chi connectivity index (χ2n) is 5.79. The van der Waals surface area contributed by atoms with Crippen molar-refractivity contribution in [3.8, 4) is 0 Å². The number of quaternary nitrogens is 1. The molecule has 2 atom stereocenters. The third-order valence-electron chi connectivity index (χ3n) is 3.73. The van der Waals surface area contributed by atoms with E-state index in [2.05, 4.69) is 21.0 Å². The van der Waals surface area contributed by atoms with Gasteiger partial charge in [-0.05, 0) is 19.8 Å². The van der Waals surface area contributed by atoms with Gasteiger partial charge in [0.1, 0.15) is 13.2 Å². The first kappa shape index (κ1) is 17.9. The van der Waals surface area contributed by atoms with Crippen LogP contribution >= 0.6 is 0 Å². The minimum Gasteiger partial charge on any atom is -0.459 e. The maximum Gasteiger partial charge on any atom is 0.308 e. The van der Waals surface area contributed by atoms with Crippen LogP contribution in [0.1, 0.15) is 33.6 Å². The van der Waals surface area contributed by atoms with Crippen molar-refractivity contribution in [3.63, 3.8) is 0 Å². The van der Waals surface area contributed by atoms with E-state index in [1.807, 2.05) is 6.92 Å². The highest BCUT2D eigenvalue weighted by molar-refractivity contribution is 5.78. The summed E-state index contributed by atoms with van der Waals surface area (Å²) in [7, 11) is 4.19. The Morgan fingerprint density at radius 2 is 1.84 bits per heavy atom. The van der Waals surface area contributed by atoms with Crippen molar-refractivity contribution >= 4 is 11.9 Å². The predicted molar refractivity (Wildman–Crippen MR) is 75.2 cm³/mol. The van der Waals surface area contributed by atoms with Crippen LogP contribution in [-0.2, 0) is 14.3 Å². The monoisotopic (exact) mass is 273 g/mol. The van der Waals surface area contributed by atoms with Crippen molar-refractivity contribution in [2.24, 2.45) is 17.6 Å². The molecule has 2 N–H and O–H groups in total. The Kier molecular flexibility index (Phi) is 7.68. The van der Waals surface area contributed by atoms with Crippen molar-refractivity contribution in [1.29, 1.82) is 0 Å². The van der Waals surface area contributed by atoms with E-state index in [4.69, 9.17) is 10.5 Å². The summed E-state index contributed by atoms with van der Waals surface area (Å²) in [6.07, 6.45) is 1.13. The number of hydrogen-bond acceptors (Lipinski definition) is 3. The van der Waals surface area contributed by atoms with Crippen LogP contribution in [0.25, 0.3) is 0 Å². The van der Waals surface area contributed by atoms with Crippen LogP contribution in [0.5, 0.6) is 0 Å². The van der Waals surface area contributed by atoms with Gasteiger partial charge in [0, 0.05) is 5.92 Å². The number of hydrogen-bond donors (Lipinski definition) is 1. The van der Waals surface area contributed by atoms with E-state index in [0.717, 1.165) is 17.6 Å². The van der Waals surface area contributed by atoms with Gasteiger partial charge < -0.3 is 15.0 Å². The topological polar surface area (TPSA) is 69.4 Å². The second-order valence-corrected chi connectivity index (χ2v) is 5.79. The van der Waals surface area contributed by atoms with Gasteiger partial charge in [0.15, 0.2) is 0 Å². The SMILES string of the molecule is CCC(CC(C)C(=O)OCC[N+](C)(C)CC)C(N)=O. The zero-order chi connectivity index (χ0) is 15.1. The van der Waals surface area contributed by atoms with Gasteiger partial charge in [-0.2, -0.15) is 0 Å². The molecule has 19 heavy (non-hydrogen) atoms. The quantitative estimate of drug-likeness (QED) is 0.506. The highest BCUT2D eigenvalue weighted by Gasteiger charge is 2.23. The summed E-state index contributed by atoms with van der Waals surface area (Å²) in [4.78, 5) is 23.0. The number of likely N-dealkylation sites (N-methyl/N-ethyl adjacent to an activating group) is 1. The Bertz CT molecular complexity index is 303. The molecule has 0 aliphatic rings. The summed E-state index contributed by atoms with van der Waals surface area (Å²) >= 11 is 0. The number of ether oxygens (including phenoxy) is 1. The Morgan fingerprint density at radius 3 is 2.26 bits per heavy atom. The molecule has 0 aromatic carbocycles. The molecule has 0 heterocycles. The smallest absolute Gasteiger partial charge is 0.308 e. The third-order valence-corrected chi connectivity index (χ3v) is 3.73. The fourth-order valence-corrected chi connectivity index (χ4v) is 1.70. The fraction of sp³-hybridized carbons (Fsp3) is 0.857. The van der Waals surface area contributed by atoms with E-state index in [1.165, 1.54) is 0 Å². The molecule has 0 fully saturated rings. The first-order chi connectivity index (χ1) is 8.73. The van der Waals surface area contributed by atoms with Gasteiger partial charge in [-0.15, -0.1) is 0 Å². The van der Waals surface area contributed by atoms with Crippen molar-refractivity contribution in [2.75, 3.05) is 33.8 Å². The van der Waals surface area contributed by atoms with Crippen LogP contribution in [0.15, 0.2) is 0 Å². The van der Waals surface area contributed by atoms with Gasteiger partial charge in [0.2, 0.25) is 5.91 Å². The van der Waals surface area contributed by atoms with Crippen LogP contribution in [-0.4, -0.2) is 50.2 Å². The highest BCUT2D eigenvalue weighted by atomic mass is 16.5. The molecule has 5 nitrogen and oxygen atoms in total. The normalized spacial score (nSPS) is 14.8. The molecule has 0 aromatic heterocycles. The summed E-state index contributed by atoms with van der Waals surface area (Å²) in [6, 6.07) is 0. The lowest BCUT2D eigenvalue weighted by Crippen LogP contribution is -2.42. The minimum atomic E-state index is -0.342. The van der Waals surface area contributed by atoms with Crippen LogP contribution < -0.4 is 5.73 Å². The van der Waals surface area contributed by atoms with Gasteiger partial charge in [-0.25, -0.2) is 0 Å². The number of nitrogens with zero attached hydrogens (tertiary/aromatic N) is 1. The number of nitrogens with two attached hydrogens (primary N) is 1. The molecule has 2 unspecified atom stereocenters. The molecule has 0 rings (SSSR count). The number of rotatable bonds is 9. The van der Waals surface area contributed by atoms with E-state index in [9.17, 15) is 9.59 Å². The maximum absolute atomic E-state index is 11.8. The second kappa shape index (κ2) is 8.15. The zero-order valence-electron chi connectivity index (χ0n) is 12.9. The number of primary amides is 1. The highest BCUT2D eigenvalue weighted by Crippen LogP contribution is 2.16. The lowest BCUT2D eigenvalue weighted by molar-refractivity contribution is -0.888. The van der Waals surface area contributed by atoms with Crippen LogP contribution in [0.2, 0.25) is 0 Å². The average Bonchev–Trinajstić information content (AvgIpc) is 2.34. The van der Waals surface area contributed by atoms with Gasteiger partial charge in [-0.3, -0.25) is 9.59 Å². The van der Waals surface area contributed by atoms with Crippen LogP contribution in [0.3, 0.4) is 0 Å². The molecule has 0 aliphatic heterocycles. The first-order valence-corrected chi connectivity index (χ1v) is 7.01. The number of carbonyl (C=O) groups excluding carboxylic acids is 2. The van der Waals surface area contributed by atoms with Crippen molar-refractivity contribution in [1.82, 2.24) is 0 Å². The largest absolute Gasteiger partial charge is 0.459 e. The molecular weight excluding hydrogens is 244 g/mol. The number of esters is 1. The van der Waals surface area contributed by atoms with Crippen LogP contribution in [0.4, 0.5) is 0 Å². The van der Waals surface area contributed by atoms with Crippen molar-refractivity contribution in [2.45, 2.75) is 33.6 Å². The molecular formula is C14H29N2O3+. The first-order valence-electron chi connectivity index (χ1n) is 7.01. The predicted octanol–water partition coefficient (Wildman–Crippen LogP) is 1.16. The Morgan fingerprint density at radius 1 is 1.26 bits per heavy atom. The molecule has 1 amide bonds. The molecule has 0 aliphatic carbocycles. The Hall–Kier alpha value is -1.10. The zero-order valence-corrected chi connectivity index (χ0v) is 12.9. The Balaban J connectivity index is 4.10. The molecule has 0 spiro atoms. The van der Waals surface area contributed by atoms with Crippen LogP contribution in [0, 0.1) is 11.8 Å². The molecule has 0 radical (unpaired) electrons. The van der Waals surface area contributed by atoms with Gasteiger partial charge >= 0.3 is 5.97 Å². The van der Waals surface area contributed by atoms with Crippen molar-refractivity contribution < 1.29 is 18.8 Å². The summed E-state index contributed by atoms with van der Waals surface area (Å²) < 4.78 is 6.08. The lowest BCUT2D eigenvalue weighted by atomic mass is 9.93. The van der Waals surface area contributed by atoms with E-state index in [-0.39, 0.29) is 23.7 Å². The van der Waals surface area contributed by atoms with E-state index >= 15 is 0 Å². The van der Waals surface area contributed by atoms with E-state index < -0.39 is 0 Å². The summed E-state index contributed by atoms with van der Waals surface area (Å²) in [5.41, 5.74) is 5.28. The van der Waals surface area contributed by atoms with Gasteiger partial charge in [0.05, 0.1) is 26.6 Å². The maximum atomic E-state index is 11.8. The van der Waals surface area contributed by atoms with Crippen molar-refractivity contribution in [3.05, 3.63) is 0 Å². The molecule has 5 heteroatoms. The molecule has 0 saturated carbocycles. The van der Waals surface area contributed by atoms with E-state index in [1.54, 1.807) is 6.92 Å². The molecule has 0 bridgehead atoms. The third kappa shape index (κ3) is 7.15. The molecule has 112 valence electrons. The lowest BCUT2D eigenvalue weighted by Gasteiger charge is -2.28. The number of amides is 1.